The fraction of sp³-hybridized carbons (Fsp3) is 0.375. The van der Waals surface area contributed by atoms with Crippen molar-refractivity contribution in [2.24, 2.45) is 5.41 Å². The van der Waals surface area contributed by atoms with Gasteiger partial charge in [0.25, 0.3) is 5.91 Å². The molecule has 0 spiro atoms. The molecule has 0 atom stereocenters. The molecule has 1 amide bonds. The van der Waals surface area contributed by atoms with Crippen molar-refractivity contribution < 1.29 is 19.4 Å². The van der Waals surface area contributed by atoms with Crippen LogP contribution in [0.1, 0.15) is 23.2 Å². The molecule has 2 heterocycles. The normalized spacial score (nSPS) is 17.3. The van der Waals surface area contributed by atoms with E-state index in [0.29, 0.717) is 31.6 Å². The molecule has 0 saturated carbocycles. The Kier molecular flexibility index (Phi) is 3.85. The van der Waals surface area contributed by atoms with Gasteiger partial charge in [0.1, 0.15) is 0 Å². The number of rotatable bonds is 4. The van der Waals surface area contributed by atoms with Gasteiger partial charge in [-0.05, 0) is 36.4 Å². The van der Waals surface area contributed by atoms with Crippen LogP contribution in [0.2, 0.25) is 0 Å². The maximum absolute atomic E-state index is 12.3. The van der Waals surface area contributed by atoms with E-state index in [9.17, 15) is 14.7 Å². The summed E-state index contributed by atoms with van der Waals surface area (Å²) in [6.07, 6.45) is 2.64. The Hall–Kier alpha value is -2.34. The zero-order valence-corrected chi connectivity index (χ0v) is 12.1. The number of carbonyl (C=O) groups excluding carboxylic acids is 1. The van der Waals surface area contributed by atoms with Gasteiger partial charge in [-0.3, -0.25) is 9.59 Å². The van der Waals surface area contributed by atoms with Crippen molar-refractivity contribution in [2.45, 2.75) is 12.8 Å². The zero-order chi connectivity index (χ0) is 15.6. The number of aromatic nitrogens is 1. The van der Waals surface area contributed by atoms with Crippen LogP contribution in [0.5, 0.6) is 0 Å². The number of ether oxygens (including phenoxy) is 1. The number of hydrogen-bond acceptors (Lipinski definition) is 3. The first-order valence-corrected chi connectivity index (χ1v) is 7.27. The van der Waals surface area contributed by atoms with Crippen molar-refractivity contribution in [3.05, 3.63) is 36.0 Å². The first-order valence-electron chi connectivity index (χ1n) is 7.27. The van der Waals surface area contributed by atoms with Crippen molar-refractivity contribution in [1.29, 1.82) is 0 Å². The molecule has 116 valence electrons. The summed E-state index contributed by atoms with van der Waals surface area (Å²) in [6, 6.07) is 7.30. The van der Waals surface area contributed by atoms with Crippen LogP contribution >= 0.6 is 0 Å². The Balaban J connectivity index is 1.71. The van der Waals surface area contributed by atoms with Crippen LogP contribution in [0, 0.1) is 5.41 Å². The summed E-state index contributed by atoms with van der Waals surface area (Å²) in [6.45, 7) is 0.945. The Morgan fingerprint density at radius 1 is 1.27 bits per heavy atom. The van der Waals surface area contributed by atoms with Crippen LogP contribution in [-0.2, 0) is 9.53 Å². The number of aromatic amines is 1. The molecule has 0 aliphatic carbocycles. The molecule has 6 heteroatoms. The summed E-state index contributed by atoms with van der Waals surface area (Å²) >= 11 is 0. The molecule has 1 aliphatic heterocycles. The fourth-order valence-corrected chi connectivity index (χ4v) is 2.77. The van der Waals surface area contributed by atoms with Gasteiger partial charge < -0.3 is 20.1 Å². The van der Waals surface area contributed by atoms with Gasteiger partial charge in [0, 0.05) is 37.0 Å². The van der Waals surface area contributed by atoms with E-state index < -0.39 is 11.4 Å². The first-order chi connectivity index (χ1) is 10.6. The van der Waals surface area contributed by atoms with Gasteiger partial charge >= 0.3 is 5.97 Å². The summed E-state index contributed by atoms with van der Waals surface area (Å²) in [7, 11) is 0. The Bertz CT molecular complexity index is 701. The molecule has 0 unspecified atom stereocenters. The number of aliphatic carboxylic acids is 1. The molecule has 1 fully saturated rings. The molecule has 6 nitrogen and oxygen atoms in total. The third kappa shape index (κ3) is 2.69. The predicted octanol–water partition coefficient (Wildman–Crippen LogP) is 1.78. The van der Waals surface area contributed by atoms with Crippen molar-refractivity contribution >= 4 is 22.8 Å². The molecule has 2 aromatic rings. The molecule has 22 heavy (non-hydrogen) atoms. The molecule has 1 aromatic carbocycles. The summed E-state index contributed by atoms with van der Waals surface area (Å²) < 4.78 is 5.23. The largest absolute Gasteiger partial charge is 0.481 e. The summed E-state index contributed by atoms with van der Waals surface area (Å²) in [5, 5.41) is 13.3. The predicted molar refractivity (Wildman–Crippen MR) is 80.8 cm³/mol. The number of benzene rings is 1. The molecular weight excluding hydrogens is 284 g/mol. The van der Waals surface area contributed by atoms with Crippen LogP contribution in [0.3, 0.4) is 0 Å². The number of H-pyrrole nitrogens is 1. The minimum atomic E-state index is -0.926. The highest BCUT2D eigenvalue weighted by Crippen LogP contribution is 2.30. The highest BCUT2D eigenvalue weighted by Gasteiger charge is 2.40. The Morgan fingerprint density at radius 2 is 2.05 bits per heavy atom. The maximum Gasteiger partial charge on any atom is 0.311 e. The number of carbonyl (C=O) groups is 2. The average Bonchev–Trinajstić information content (AvgIpc) is 3.01. The lowest BCUT2D eigenvalue weighted by atomic mass is 9.80. The maximum atomic E-state index is 12.3. The van der Waals surface area contributed by atoms with E-state index in [1.807, 2.05) is 18.3 Å². The van der Waals surface area contributed by atoms with Gasteiger partial charge in [0.05, 0.1) is 5.41 Å². The fourth-order valence-electron chi connectivity index (χ4n) is 2.77. The summed E-state index contributed by atoms with van der Waals surface area (Å²) in [5.74, 6) is -1.14. The van der Waals surface area contributed by atoms with E-state index in [0.717, 1.165) is 10.9 Å². The van der Waals surface area contributed by atoms with E-state index in [-0.39, 0.29) is 12.5 Å². The van der Waals surface area contributed by atoms with Gasteiger partial charge in [0.15, 0.2) is 0 Å². The van der Waals surface area contributed by atoms with E-state index >= 15 is 0 Å². The first kappa shape index (κ1) is 14.6. The molecule has 1 aromatic heterocycles. The Morgan fingerprint density at radius 3 is 2.77 bits per heavy atom. The van der Waals surface area contributed by atoms with Gasteiger partial charge in [-0.1, -0.05) is 6.07 Å². The molecular formula is C16H18N2O4. The lowest BCUT2D eigenvalue weighted by Crippen LogP contribution is -2.46. The molecule has 1 aliphatic rings. The average molecular weight is 302 g/mol. The molecule has 0 bridgehead atoms. The zero-order valence-electron chi connectivity index (χ0n) is 12.1. The van der Waals surface area contributed by atoms with Gasteiger partial charge in [0.2, 0.25) is 0 Å². The second-order valence-electron chi connectivity index (χ2n) is 5.66. The SMILES string of the molecule is O=C(NCC1(C(=O)O)CCOCC1)c1ccc2cc[nH]c2c1. The lowest BCUT2D eigenvalue weighted by Gasteiger charge is -2.33. The van der Waals surface area contributed by atoms with E-state index in [4.69, 9.17) is 4.74 Å². The number of amides is 1. The number of nitrogens with one attached hydrogen (secondary N) is 2. The minimum absolute atomic E-state index is 0.118. The molecule has 1 saturated heterocycles. The number of carboxylic acids is 1. The standard InChI is InChI=1S/C16H18N2O4/c19-14(12-2-1-11-3-6-17-13(11)9-12)18-10-16(15(20)21)4-7-22-8-5-16/h1-3,6,9,17H,4-5,7-8,10H2,(H,18,19)(H,20,21). The highest BCUT2D eigenvalue weighted by atomic mass is 16.5. The van der Waals surface area contributed by atoms with Crippen molar-refractivity contribution in [1.82, 2.24) is 10.3 Å². The lowest BCUT2D eigenvalue weighted by molar-refractivity contribution is -0.154. The number of fused-ring (bicyclic) bond motifs is 1. The third-order valence-corrected chi connectivity index (χ3v) is 4.31. The molecule has 3 rings (SSSR count). The van der Waals surface area contributed by atoms with Crippen molar-refractivity contribution in [3.63, 3.8) is 0 Å². The van der Waals surface area contributed by atoms with Crippen molar-refractivity contribution in [3.8, 4) is 0 Å². The van der Waals surface area contributed by atoms with E-state index in [1.165, 1.54) is 0 Å². The van der Waals surface area contributed by atoms with Crippen LogP contribution in [0.25, 0.3) is 10.9 Å². The number of hydrogen-bond donors (Lipinski definition) is 3. The summed E-state index contributed by atoms with van der Waals surface area (Å²) in [5.41, 5.74) is 0.471. The van der Waals surface area contributed by atoms with E-state index in [1.54, 1.807) is 12.1 Å². The van der Waals surface area contributed by atoms with Gasteiger partial charge in [-0.15, -0.1) is 0 Å². The second kappa shape index (κ2) is 5.81. The van der Waals surface area contributed by atoms with Gasteiger partial charge in [-0.2, -0.15) is 0 Å². The van der Waals surface area contributed by atoms with Crippen LogP contribution in [-0.4, -0.2) is 41.7 Å². The topological polar surface area (TPSA) is 91.4 Å². The molecule has 0 radical (unpaired) electrons. The highest BCUT2D eigenvalue weighted by molar-refractivity contribution is 5.98. The Labute approximate surface area is 127 Å². The van der Waals surface area contributed by atoms with Crippen LogP contribution in [0.15, 0.2) is 30.5 Å². The smallest absolute Gasteiger partial charge is 0.311 e. The number of carboxylic acid groups (broad SMARTS) is 1. The summed E-state index contributed by atoms with van der Waals surface area (Å²) in [4.78, 5) is 26.9. The van der Waals surface area contributed by atoms with Crippen LogP contribution < -0.4 is 5.32 Å². The third-order valence-electron chi connectivity index (χ3n) is 4.31. The van der Waals surface area contributed by atoms with Crippen molar-refractivity contribution in [2.75, 3.05) is 19.8 Å². The van der Waals surface area contributed by atoms with Gasteiger partial charge in [-0.25, -0.2) is 0 Å². The molecule has 3 N–H and O–H groups in total. The van der Waals surface area contributed by atoms with E-state index in [2.05, 4.69) is 10.3 Å². The van der Waals surface area contributed by atoms with Crippen LogP contribution in [0.4, 0.5) is 0 Å². The quantitative estimate of drug-likeness (QED) is 0.803. The monoisotopic (exact) mass is 302 g/mol. The minimum Gasteiger partial charge on any atom is -0.481 e. The second-order valence-corrected chi connectivity index (χ2v) is 5.66.